The van der Waals surface area contributed by atoms with E-state index in [0.29, 0.717) is 12.0 Å². The third kappa shape index (κ3) is 5.44. The first kappa shape index (κ1) is 18.1. The molecule has 1 aromatic rings. The molecule has 0 bridgehead atoms. The number of carbonyl (C=O) groups is 1. The molecule has 0 spiro atoms. The second-order valence-corrected chi connectivity index (χ2v) is 6.66. The van der Waals surface area contributed by atoms with Gasteiger partial charge in [-0.2, -0.15) is 0 Å². The molecule has 0 aromatic heterocycles. The van der Waals surface area contributed by atoms with Crippen LogP contribution in [0.15, 0.2) is 35.3 Å². The van der Waals surface area contributed by atoms with Crippen molar-refractivity contribution in [1.82, 2.24) is 15.5 Å². The summed E-state index contributed by atoms with van der Waals surface area (Å²) in [7, 11) is 3.49. The molecule has 1 heterocycles. The van der Waals surface area contributed by atoms with E-state index in [9.17, 15) is 4.79 Å². The van der Waals surface area contributed by atoms with Crippen LogP contribution in [0.1, 0.15) is 20.3 Å². The van der Waals surface area contributed by atoms with Crippen molar-refractivity contribution in [2.24, 2.45) is 4.99 Å². The SMILES string of the molecule is CC(C)NC(=NCC(=O)N(C)C)NC1CCN(c2ccccc2)C1. The van der Waals surface area contributed by atoms with E-state index >= 15 is 0 Å². The van der Waals surface area contributed by atoms with Gasteiger partial charge in [0.15, 0.2) is 5.96 Å². The number of hydrogen-bond acceptors (Lipinski definition) is 3. The Kier molecular flexibility index (Phi) is 6.46. The van der Waals surface area contributed by atoms with E-state index < -0.39 is 0 Å². The Bertz CT molecular complexity index is 556. The molecular formula is C18H29N5O. The Hall–Kier alpha value is -2.24. The number of para-hydroxylation sites is 1. The van der Waals surface area contributed by atoms with Crippen molar-refractivity contribution >= 4 is 17.6 Å². The molecule has 2 rings (SSSR count). The fraction of sp³-hybridized carbons (Fsp3) is 0.556. The standard InChI is InChI=1S/C18H29N5O/c1-14(2)20-18(19-12-17(24)22(3)4)21-15-10-11-23(13-15)16-8-6-5-7-9-16/h5-9,14-15H,10-13H2,1-4H3,(H2,19,20,21). The highest BCUT2D eigenvalue weighted by Gasteiger charge is 2.23. The van der Waals surface area contributed by atoms with E-state index in [2.05, 4.69) is 58.6 Å². The number of benzene rings is 1. The maximum Gasteiger partial charge on any atom is 0.243 e. The molecule has 1 amide bonds. The second kappa shape index (κ2) is 8.57. The average Bonchev–Trinajstić information content (AvgIpc) is 3.01. The maximum absolute atomic E-state index is 11.8. The molecule has 132 valence electrons. The Labute approximate surface area is 144 Å². The predicted molar refractivity (Wildman–Crippen MR) is 99.5 cm³/mol. The van der Waals surface area contributed by atoms with Gasteiger partial charge in [-0.25, -0.2) is 4.99 Å². The van der Waals surface area contributed by atoms with Crippen LogP contribution < -0.4 is 15.5 Å². The lowest BCUT2D eigenvalue weighted by atomic mass is 10.2. The first-order valence-electron chi connectivity index (χ1n) is 8.53. The monoisotopic (exact) mass is 331 g/mol. The lowest BCUT2D eigenvalue weighted by Crippen LogP contribution is -2.47. The molecule has 0 aliphatic carbocycles. The van der Waals surface area contributed by atoms with Crippen molar-refractivity contribution < 1.29 is 4.79 Å². The summed E-state index contributed by atoms with van der Waals surface area (Å²) >= 11 is 0. The summed E-state index contributed by atoms with van der Waals surface area (Å²) in [5.74, 6) is 0.706. The van der Waals surface area contributed by atoms with Gasteiger partial charge in [0.1, 0.15) is 6.54 Å². The van der Waals surface area contributed by atoms with Crippen LogP contribution in [0.5, 0.6) is 0 Å². The highest BCUT2D eigenvalue weighted by atomic mass is 16.2. The van der Waals surface area contributed by atoms with Gasteiger partial charge < -0.3 is 20.4 Å². The maximum atomic E-state index is 11.8. The number of likely N-dealkylation sites (N-methyl/N-ethyl adjacent to an activating group) is 1. The van der Waals surface area contributed by atoms with Gasteiger partial charge in [-0.15, -0.1) is 0 Å². The number of guanidine groups is 1. The number of rotatable bonds is 5. The molecule has 6 nitrogen and oxygen atoms in total. The quantitative estimate of drug-likeness (QED) is 0.631. The largest absolute Gasteiger partial charge is 0.369 e. The highest BCUT2D eigenvalue weighted by Crippen LogP contribution is 2.19. The van der Waals surface area contributed by atoms with Crippen LogP contribution in [0.4, 0.5) is 5.69 Å². The molecule has 1 aromatic carbocycles. The van der Waals surface area contributed by atoms with E-state index in [1.54, 1.807) is 19.0 Å². The summed E-state index contributed by atoms with van der Waals surface area (Å²) < 4.78 is 0. The first-order valence-corrected chi connectivity index (χ1v) is 8.53. The number of hydrogen-bond donors (Lipinski definition) is 2. The molecule has 0 saturated carbocycles. The van der Waals surface area contributed by atoms with E-state index in [1.165, 1.54) is 5.69 Å². The van der Waals surface area contributed by atoms with Gasteiger partial charge in [-0.05, 0) is 32.4 Å². The van der Waals surface area contributed by atoms with Gasteiger partial charge in [0.2, 0.25) is 5.91 Å². The van der Waals surface area contributed by atoms with Crippen molar-refractivity contribution in [2.75, 3.05) is 38.6 Å². The average molecular weight is 331 g/mol. The number of anilines is 1. The lowest BCUT2D eigenvalue weighted by Gasteiger charge is -2.21. The van der Waals surface area contributed by atoms with Gasteiger partial charge in [0, 0.05) is 45.0 Å². The van der Waals surface area contributed by atoms with Gasteiger partial charge >= 0.3 is 0 Å². The molecule has 6 heteroatoms. The highest BCUT2D eigenvalue weighted by molar-refractivity contribution is 5.85. The second-order valence-electron chi connectivity index (χ2n) is 6.66. The molecule has 24 heavy (non-hydrogen) atoms. The zero-order chi connectivity index (χ0) is 17.5. The molecule has 0 radical (unpaired) electrons. The van der Waals surface area contributed by atoms with E-state index in [-0.39, 0.29) is 18.5 Å². The Balaban J connectivity index is 1.94. The zero-order valence-corrected chi connectivity index (χ0v) is 15.1. The van der Waals surface area contributed by atoms with Crippen molar-refractivity contribution in [3.8, 4) is 0 Å². The van der Waals surface area contributed by atoms with Gasteiger partial charge in [-0.1, -0.05) is 18.2 Å². The summed E-state index contributed by atoms with van der Waals surface area (Å²) in [6.07, 6.45) is 1.05. The van der Waals surface area contributed by atoms with Gasteiger partial charge in [0.05, 0.1) is 0 Å². The van der Waals surface area contributed by atoms with E-state index in [4.69, 9.17) is 0 Å². The van der Waals surface area contributed by atoms with Crippen molar-refractivity contribution in [3.63, 3.8) is 0 Å². The summed E-state index contributed by atoms with van der Waals surface area (Å²) in [6, 6.07) is 11.0. The van der Waals surface area contributed by atoms with Crippen molar-refractivity contribution in [2.45, 2.75) is 32.4 Å². The minimum atomic E-state index is -0.00260. The van der Waals surface area contributed by atoms with E-state index in [0.717, 1.165) is 19.5 Å². The van der Waals surface area contributed by atoms with Crippen LogP contribution in [0, 0.1) is 0 Å². The first-order chi connectivity index (χ1) is 11.5. The van der Waals surface area contributed by atoms with Crippen molar-refractivity contribution in [3.05, 3.63) is 30.3 Å². The summed E-state index contributed by atoms with van der Waals surface area (Å²) in [5.41, 5.74) is 1.25. The van der Waals surface area contributed by atoms with Crippen LogP contribution in [0.25, 0.3) is 0 Å². The van der Waals surface area contributed by atoms with Crippen LogP contribution in [-0.2, 0) is 4.79 Å². The zero-order valence-electron chi connectivity index (χ0n) is 15.1. The molecule has 1 aliphatic rings. The molecule has 1 fully saturated rings. The number of nitrogens with zero attached hydrogens (tertiary/aromatic N) is 3. The topological polar surface area (TPSA) is 60.0 Å². The Morgan fingerprint density at radius 1 is 1.33 bits per heavy atom. The van der Waals surface area contributed by atoms with Crippen LogP contribution in [0.3, 0.4) is 0 Å². The number of carbonyl (C=O) groups excluding carboxylic acids is 1. The van der Waals surface area contributed by atoms with Gasteiger partial charge in [-0.3, -0.25) is 4.79 Å². The molecule has 1 aliphatic heterocycles. The van der Waals surface area contributed by atoms with Gasteiger partial charge in [0.25, 0.3) is 0 Å². The summed E-state index contributed by atoms with van der Waals surface area (Å²) in [6.45, 7) is 6.24. The summed E-state index contributed by atoms with van der Waals surface area (Å²) in [5, 5.41) is 6.77. The third-order valence-corrected chi connectivity index (χ3v) is 3.95. The third-order valence-electron chi connectivity index (χ3n) is 3.95. The van der Waals surface area contributed by atoms with E-state index in [1.807, 2.05) is 6.07 Å². The Morgan fingerprint density at radius 3 is 2.67 bits per heavy atom. The smallest absolute Gasteiger partial charge is 0.243 e. The molecule has 1 unspecified atom stereocenters. The fourth-order valence-electron chi connectivity index (χ4n) is 2.64. The minimum absolute atomic E-state index is 0.00260. The summed E-state index contributed by atoms with van der Waals surface area (Å²) in [4.78, 5) is 20.1. The Morgan fingerprint density at radius 2 is 2.04 bits per heavy atom. The minimum Gasteiger partial charge on any atom is -0.369 e. The number of nitrogens with one attached hydrogen (secondary N) is 2. The molecule has 1 saturated heterocycles. The normalized spacial score (nSPS) is 18.0. The van der Waals surface area contributed by atoms with Crippen molar-refractivity contribution in [1.29, 1.82) is 0 Å². The van der Waals surface area contributed by atoms with Crippen LogP contribution in [-0.4, -0.2) is 62.6 Å². The number of aliphatic imine (C=N–C) groups is 1. The molecule has 2 N–H and O–H groups in total. The predicted octanol–water partition coefficient (Wildman–Crippen LogP) is 1.30. The molecule has 1 atom stereocenters. The lowest BCUT2D eigenvalue weighted by molar-refractivity contribution is -0.127. The van der Waals surface area contributed by atoms with Crippen LogP contribution >= 0.6 is 0 Å². The number of amides is 1. The molecular weight excluding hydrogens is 302 g/mol. The van der Waals surface area contributed by atoms with Crippen LogP contribution in [0.2, 0.25) is 0 Å². The fourth-order valence-corrected chi connectivity index (χ4v) is 2.64.